The Labute approximate surface area is 161 Å². The molecule has 3 heterocycles. The fourth-order valence-corrected chi connectivity index (χ4v) is 4.02. The fourth-order valence-electron chi connectivity index (χ4n) is 4.02. The number of aliphatic imine (C=N–C) groups is 1. The van der Waals surface area contributed by atoms with Crippen molar-refractivity contribution in [3.63, 3.8) is 0 Å². The predicted octanol–water partition coefficient (Wildman–Crippen LogP) is 2.92. The molecule has 1 aromatic carbocycles. The second-order valence-electron chi connectivity index (χ2n) is 7.62. The van der Waals surface area contributed by atoms with E-state index in [9.17, 15) is 5.11 Å². The average molecular weight is 367 g/mol. The van der Waals surface area contributed by atoms with Crippen LogP contribution in [-0.2, 0) is 6.42 Å². The topological polar surface area (TPSA) is 48.3 Å². The number of rotatable bonds is 3. The maximum absolute atomic E-state index is 9.74. The number of aliphatic hydroxyl groups is 1. The first-order valence-electron chi connectivity index (χ1n) is 9.98. The van der Waals surface area contributed by atoms with Gasteiger partial charge < -0.3 is 14.7 Å². The number of benzene rings is 1. The lowest BCUT2D eigenvalue weighted by Gasteiger charge is -2.39. The first kappa shape index (κ1) is 18.3. The highest BCUT2D eigenvalue weighted by molar-refractivity contribution is 5.85. The molecule has 144 valence electrons. The molecular formula is C22H29N3O2. The fraction of sp³-hybridized carbons (Fsp3) is 0.500. The smallest absolute Gasteiger partial charge is 0.122 e. The van der Waals surface area contributed by atoms with E-state index in [2.05, 4.69) is 46.0 Å². The summed E-state index contributed by atoms with van der Waals surface area (Å²) in [6.07, 6.45) is 7.27. The van der Waals surface area contributed by atoms with E-state index in [1.54, 1.807) is 6.92 Å². The molecule has 5 heteroatoms. The Bertz CT molecular complexity index is 774. The van der Waals surface area contributed by atoms with Crippen LogP contribution in [0.2, 0.25) is 0 Å². The number of ether oxygens (including phenoxy) is 1. The Morgan fingerprint density at radius 1 is 1.15 bits per heavy atom. The normalized spacial score (nSPS) is 22.4. The molecule has 0 bridgehead atoms. The lowest BCUT2D eigenvalue weighted by Crippen LogP contribution is -2.49. The summed E-state index contributed by atoms with van der Waals surface area (Å²) in [5.41, 5.74) is 3.54. The zero-order chi connectivity index (χ0) is 18.8. The molecule has 2 atom stereocenters. The molecule has 3 aliphatic heterocycles. The molecule has 0 saturated carbocycles. The number of nitrogens with zero attached hydrogens (tertiary/aromatic N) is 3. The van der Waals surface area contributed by atoms with E-state index in [0.717, 1.165) is 62.8 Å². The maximum atomic E-state index is 9.74. The minimum absolute atomic E-state index is 0.388. The van der Waals surface area contributed by atoms with E-state index in [1.165, 1.54) is 11.1 Å². The summed E-state index contributed by atoms with van der Waals surface area (Å²) < 4.78 is 5.74. The van der Waals surface area contributed by atoms with Crippen LogP contribution in [0.25, 0.3) is 0 Å². The number of hydrogen-bond donors (Lipinski definition) is 1. The van der Waals surface area contributed by atoms with Crippen LogP contribution >= 0.6 is 0 Å². The zero-order valence-electron chi connectivity index (χ0n) is 16.3. The minimum atomic E-state index is -0.474. The van der Waals surface area contributed by atoms with Crippen LogP contribution in [0.1, 0.15) is 37.4 Å². The average Bonchev–Trinajstić information content (AvgIpc) is 3.01. The third kappa shape index (κ3) is 3.94. The molecule has 5 nitrogen and oxygen atoms in total. The summed E-state index contributed by atoms with van der Waals surface area (Å²) in [4.78, 5) is 9.55. The van der Waals surface area contributed by atoms with Crippen LogP contribution in [0.15, 0.2) is 47.1 Å². The zero-order valence-corrected chi connectivity index (χ0v) is 16.3. The van der Waals surface area contributed by atoms with E-state index < -0.39 is 6.10 Å². The standard InChI is InChI=1S/C22H29N3O2/c1-16(19-7-6-18-8-13-27-21(18)14-19)24-9-11-25(12-10-24)22-5-3-4-20(15-23-22)17(2)26/h3-4,6-7,14-17,26H,5,8-13H2,1-2H3. The van der Waals surface area contributed by atoms with Gasteiger partial charge in [0.05, 0.1) is 12.7 Å². The number of hydrogen-bond acceptors (Lipinski definition) is 5. The summed E-state index contributed by atoms with van der Waals surface area (Å²) >= 11 is 0. The van der Waals surface area contributed by atoms with E-state index in [0.29, 0.717) is 6.04 Å². The molecule has 4 rings (SSSR count). The van der Waals surface area contributed by atoms with E-state index >= 15 is 0 Å². The Kier molecular flexibility index (Phi) is 5.32. The van der Waals surface area contributed by atoms with Gasteiger partial charge in [-0.1, -0.05) is 24.3 Å². The first-order valence-corrected chi connectivity index (χ1v) is 9.98. The molecule has 0 aromatic heterocycles. The number of amidine groups is 1. The van der Waals surface area contributed by atoms with E-state index in [-0.39, 0.29) is 0 Å². The van der Waals surface area contributed by atoms with E-state index in [4.69, 9.17) is 4.74 Å². The first-order chi connectivity index (χ1) is 13.1. The lowest BCUT2D eigenvalue weighted by molar-refractivity contribution is 0.139. The van der Waals surface area contributed by atoms with Crippen molar-refractivity contribution in [2.75, 3.05) is 32.8 Å². The Hall–Kier alpha value is -2.11. The van der Waals surface area contributed by atoms with Crippen molar-refractivity contribution in [3.8, 4) is 5.75 Å². The van der Waals surface area contributed by atoms with Crippen molar-refractivity contribution in [1.29, 1.82) is 0 Å². The van der Waals surface area contributed by atoms with Crippen LogP contribution in [0.5, 0.6) is 5.75 Å². The van der Waals surface area contributed by atoms with Crippen molar-refractivity contribution < 1.29 is 9.84 Å². The van der Waals surface area contributed by atoms with Gasteiger partial charge in [-0.2, -0.15) is 0 Å². The molecule has 3 aliphatic rings. The summed E-state index contributed by atoms with van der Waals surface area (Å²) in [6, 6.07) is 7.09. The molecule has 0 spiro atoms. The lowest BCUT2D eigenvalue weighted by atomic mass is 10.0. The SMILES string of the molecule is CC(O)C1=CN=C(N2CCN(C(C)c3ccc4c(c3)OCC4)CC2)CC=C1. The van der Waals surface area contributed by atoms with Crippen LogP contribution in [0, 0.1) is 0 Å². The monoisotopic (exact) mass is 367 g/mol. The van der Waals surface area contributed by atoms with Crippen LogP contribution in [0.4, 0.5) is 0 Å². The van der Waals surface area contributed by atoms with Crippen molar-refractivity contribution in [1.82, 2.24) is 9.80 Å². The molecule has 0 aliphatic carbocycles. The predicted molar refractivity (Wildman–Crippen MR) is 108 cm³/mol. The second-order valence-corrected chi connectivity index (χ2v) is 7.62. The van der Waals surface area contributed by atoms with Gasteiger partial charge >= 0.3 is 0 Å². The second kappa shape index (κ2) is 7.87. The van der Waals surface area contributed by atoms with Gasteiger partial charge in [0.25, 0.3) is 0 Å². The summed E-state index contributed by atoms with van der Waals surface area (Å²) in [5.74, 6) is 2.17. The third-order valence-corrected chi connectivity index (χ3v) is 5.89. The van der Waals surface area contributed by atoms with Crippen molar-refractivity contribution in [2.24, 2.45) is 4.99 Å². The molecule has 1 N–H and O–H groups in total. The minimum Gasteiger partial charge on any atom is -0.493 e. The highest BCUT2D eigenvalue weighted by Crippen LogP contribution is 2.31. The van der Waals surface area contributed by atoms with Gasteiger partial charge in [-0.25, -0.2) is 4.99 Å². The van der Waals surface area contributed by atoms with Crippen molar-refractivity contribution in [3.05, 3.63) is 53.3 Å². The number of piperazine rings is 1. The highest BCUT2D eigenvalue weighted by atomic mass is 16.5. The molecule has 1 fully saturated rings. The maximum Gasteiger partial charge on any atom is 0.122 e. The van der Waals surface area contributed by atoms with Crippen LogP contribution in [0.3, 0.4) is 0 Å². The largest absolute Gasteiger partial charge is 0.493 e. The summed E-state index contributed by atoms with van der Waals surface area (Å²) in [7, 11) is 0. The van der Waals surface area contributed by atoms with Crippen molar-refractivity contribution >= 4 is 5.84 Å². The Morgan fingerprint density at radius 2 is 1.96 bits per heavy atom. The van der Waals surface area contributed by atoms with Gasteiger partial charge in [-0.05, 0) is 36.6 Å². The molecule has 27 heavy (non-hydrogen) atoms. The molecular weight excluding hydrogens is 338 g/mol. The Morgan fingerprint density at radius 3 is 2.74 bits per heavy atom. The number of fused-ring (bicyclic) bond motifs is 1. The molecule has 0 amide bonds. The molecule has 1 saturated heterocycles. The van der Waals surface area contributed by atoms with Gasteiger partial charge in [0, 0.05) is 51.3 Å². The van der Waals surface area contributed by atoms with Crippen LogP contribution < -0.4 is 4.74 Å². The quantitative estimate of drug-likeness (QED) is 0.892. The van der Waals surface area contributed by atoms with Gasteiger partial charge in [-0.15, -0.1) is 0 Å². The van der Waals surface area contributed by atoms with Crippen molar-refractivity contribution in [2.45, 2.75) is 38.8 Å². The molecule has 1 aromatic rings. The van der Waals surface area contributed by atoms with Gasteiger partial charge in [0.15, 0.2) is 0 Å². The summed E-state index contributed by atoms with van der Waals surface area (Å²) in [6.45, 7) is 8.89. The summed E-state index contributed by atoms with van der Waals surface area (Å²) in [5, 5.41) is 9.74. The van der Waals surface area contributed by atoms with Gasteiger partial charge in [0.2, 0.25) is 0 Å². The van der Waals surface area contributed by atoms with Gasteiger partial charge in [-0.3, -0.25) is 4.90 Å². The molecule has 2 unspecified atom stereocenters. The highest BCUT2D eigenvalue weighted by Gasteiger charge is 2.25. The van der Waals surface area contributed by atoms with E-state index in [1.807, 2.05) is 12.3 Å². The molecule has 0 radical (unpaired) electrons. The van der Waals surface area contributed by atoms with Crippen LogP contribution in [-0.4, -0.2) is 59.6 Å². The third-order valence-electron chi connectivity index (χ3n) is 5.89. The number of aliphatic hydroxyl groups excluding tert-OH is 1. The van der Waals surface area contributed by atoms with Gasteiger partial charge in [0.1, 0.15) is 11.6 Å². The Balaban J connectivity index is 1.38.